The maximum Gasteiger partial charge on any atom is 0.250 e. The smallest absolute Gasteiger partial charge is 0.250 e. The lowest BCUT2D eigenvalue weighted by molar-refractivity contribution is 0.493. The third-order valence-electron chi connectivity index (χ3n) is 3.95. The lowest BCUT2D eigenvalue weighted by Gasteiger charge is -2.36. The molecule has 102 valence electrons. The highest BCUT2D eigenvalue weighted by Gasteiger charge is 2.38. The topological polar surface area (TPSA) is 9.23 Å². The van der Waals surface area contributed by atoms with Crippen molar-refractivity contribution in [2.24, 2.45) is 0 Å². The van der Waals surface area contributed by atoms with Gasteiger partial charge in [0.25, 0.3) is 0 Å². The van der Waals surface area contributed by atoms with Crippen LogP contribution in [0.4, 0.5) is 4.39 Å². The first-order valence-corrected chi connectivity index (χ1v) is 9.48. The third kappa shape index (κ3) is 2.98. The van der Waals surface area contributed by atoms with Crippen LogP contribution in [-0.4, -0.2) is 8.32 Å². The van der Waals surface area contributed by atoms with Crippen LogP contribution in [0.5, 0.6) is 5.75 Å². The lowest BCUT2D eigenvalue weighted by Crippen LogP contribution is -2.43. The summed E-state index contributed by atoms with van der Waals surface area (Å²) in [6.07, 6.45) is 0. The molecule has 0 amide bonds. The molecular weight excluding hydrogens is 255 g/mol. The van der Waals surface area contributed by atoms with Gasteiger partial charge in [-0.15, -0.1) is 0 Å². The maximum atomic E-state index is 13.1. The summed E-state index contributed by atoms with van der Waals surface area (Å²) in [5.74, 6) is 0.677. The Bertz CT molecular complexity index is 599. The van der Waals surface area contributed by atoms with E-state index in [9.17, 15) is 4.39 Å². The van der Waals surface area contributed by atoms with Crippen molar-refractivity contribution in [1.82, 2.24) is 0 Å². The Balaban J connectivity index is 2.35. The van der Waals surface area contributed by atoms with Crippen molar-refractivity contribution < 1.29 is 8.82 Å². The summed E-state index contributed by atoms with van der Waals surface area (Å²) in [5.41, 5.74) is 0. The monoisotopic (exact) mass is 276 g/mol. The fraction of sp³-hybridized carbons (Fsp3) is 0.375. The van der Waals surface area contributed by atoms with Crippen molar-refractivity contribution in [2.75, 3.05) is 0 Å². The summed E-state index contributed by atoms with van der Waals surface area (Å²) in [7, 11) is -1.82. The Morgan fingerprint density at radius 3 is 2.16 bits per heavy atom. The zero-order chi connectivity index (χ0) is 14.3. The summed E-state index contributed by atoms with van der Waals surface area (Å²) in [4.78, 5) is 0. The Hall–Kier alpha value is -1.35. The lowest BCUT2D eigenvalue weighted by atomic mass is 10.1. The van der Waals surface area contributed by atoms with Gasteiger partial charge in [-0.25, -0.2) is 4.39 Å². The third-order valence-corrected chi connectivity index (χ3v) is 8.31. The van der Waals surface area contributed by atoms with Crippen LogP contribution in [0, 0.1) is 5.82 Å². The number of halogens is 1. The van der Waals surface area contributed by atoms with Gasteiger partial charge in [0, 0.05) is 0 Å². The maximum absolute atomic E-state index is 13.1. The molecule has 2 aromatic rings. The first-order valence-electron chi connectivity index (χ1n) is 6.57. The molecule has 2 aromatic carbocycles. The summed E-state index contributed by atoms with van der Waals surface area (Å²) in [5, 5.41) is 2.09. The molecule has 3 heteroatoms. The van der Waals surface area contributed by atoms with Crippen LogP contribution in [0.2, 0.25) is 18.1 Å². The molecule has 0 saturated carbocycles. The second kappa shape index (κ2) is 4.64. The Kier molecular flexibility index (Phi) is 3.43. The first kappa shape index (κ1) is 14.1. The standard InChI is InChI=1S/C16H21FOSi/c1-16(2,3)19(4,5)18-15-9-7-12-10-14(17)8-6-13(12)11-15/h6-11H,1-5H3. The van der Waals surface area contributed by atoms with E-state index >= 15 is 0 Å². The second-order valence-corrected chi connectivity index (χ2v) is 11.2. The number of benzene rings is 2. The van der Waals surface area contributed by atoms with Gasteiger partial charge in [-0.05, 0) is 53.2 Å². The van der Waals surface area contributed by atoms with E-state index in [-0.39, 0.29) is 10.9 Å². The van der Waals surface area contributed by atoms with Gasteiger partial charge in [-0.3, -0.25) is 0 Å². The van der Waals surface area contributed by atoms with Gasteiger partial charge in [0.2, 0.25) is 8.32 Å². The minimum absolute atomic E-state index is 0.171. The van der Waals surface area contributed by atoms with Gasteiger partial charge in [0.05, 0.1) is 0 Å². The molecule has 0 aliphatic rings. The fourth-order valence-electron chi connectivity index (χ4n) is 1.71. The van der Waals surface area contributed by atoms with Gasteiger partial charge >= 0.3 is 0 Å². The van der Waals surface area contributed by atoms with E-state index in [1.54, 1.807) is 12.1 Å². The van der Waals surface area contributed by atoms with E-state index in [2.05, 4.69) is 33.9 Å². The molecule has 0 bridgehead atoms. The molecule has 1 nitrogen and oxygen atoms in total. The molecule has 0 aliphatic carbocycles. The number of fused-ring (bicyclic) bond motifs is 1. The normalized spacial score (nSPS) is 12.7. The average Bonchev–Trinajstić information content (AvgIpc) is 2.27. The minimum Gasteiger partial charge on any atom is -0.543 e. The average molecular weight is 276 g/mol. The highest BCUT2D eigenvalue weighted by atomic mass is 28.4. The van der Waals surface area contributed by atoms with Crippen molar-refractivity contribution in [3.8, 4) is 5.75 Å². The Labute approximate surface area is 115 Å². The minimum atomic E-state index is -1.82. The zero-order valence-electron chi connectivity index (χ0n) is 12.3. The predicted octanol–water partition coefficient (Wildman–Crippen LogP) is 5.36. The van der Waals surface area contributed by atoms with Crippen molar-refractivity contribution in [3.05, 3.63) is 42.2 Å². The molecule has 0 aromatic heterocycles. The quantitative estimate of drug-likeness (QED) is 0.671. The molecule has 0 N–H and O–H groups in total. The fourth-order valence-corrected chi connectivity index (χ4v) is 2.73. The number of hydrogen-bond donors (Lipinski definition) is 0. The number of rotatable bonds is 2. The van der Waals surface area contributed by atoms with Crippen LogP contribution in [0.1, 0.15) is 20.8 Å². The first-order chi connectivity index (χ1) is 8.69. The van der Waals surface area contributed by atoms with E-state index < -0.39 is 8.32 Å². The van der Waals surface area contributed by atoms with E-state index in [4.69, 9.17) is 4.43 Å². The van der Waals surface area contributed by atoms with Gasteiger partial charge < -0.3 is 4.43 Å². The van der Waals surface area contributed by atoms with Crippen molar-refractivity contribution in [2.45, 2.75) is 38.9 Å². The van der Waals surface area contributed by atoms with E-state index in [1.807, 2.05) is 18.2 Å². The van der Waals surface area contributed by atoms with Crippen LogP contribution in [0.25, 0.3) is 10.8 Å². The zero-order valence-corrected chi connectivity index (χ0v) is 13.3. The largest absolute Gasteiger partial charge is 0.543 e. The van der Waals surface area contributed by atoms with Crippen LogP contribution in [-0.2, 0) is 0 Å². The van der Waals surface area contributed by atoms with Gasteiger partial charge in [-0.1, -0.05) is 32.9 Å². The van der Waals surface area contributed by atoms with Crippen LogP contribution >= 0.6 is 0 Å². The Morgan fingerprint density at radius 2 is 1.53 bits per heavy atom. The molecule has 19 heavy (non-hydrogen) atoms. The highest BCUT2D eigenvalue weighted by Crippen LogP contribution is 2.37. The molecular formula is C16H21FOSi. The van der Waals surface area contributed by atoms with Crippen molar-refractivity contribution >= 4 is 19.1 Å². The molecule has 0 atom stereocenters. The summed E-state index contributed by atoms with van der Waals surface area (Å²) in [6.45, 7) is 11.1. The van der Waals surface area contributed by atoms with Crippen LogP contribution < -0.4 is 4.43 Å². The van der Waals surface area contributed by atoms with E-state index in [0.29, 0.717) is 0 Å². The molecule has 0 saturated heterocycles. The molecule has 0 aliphatic heterocycles. The van der Waals surface area contributed by atoms with Crippen LogP contribution in [0.15, 0.2) is 36.4 Å². The van der Waals surface area contributed by atoms with Gasteiger partial charge in [0.1, 0.15) is 11.6 Å². The SMILES string of the molecule is CC(C)(C)[Si](C)(C)Oc1ccc2cc(F)ccc2c1. The van der Waals surface area contributed by atoms with E-state index in [1.165, 1.54) is 6.07 Å². The van der Waals surface area contributed by atoms with Crippen molar-refractivity contribution in [1.29, 1.82) is 0 Å². The van der Waals surface area contributed by atoms with Gasteiger partial charge in [-0.2, -0.15) is 0 Å². The molecule has 0 heterocycles. The Morgan fingerprint density at radius 1 is 0.947 bits per heavy atom. The van der Waals surface area contributed by atoms with Gasteiger partial charge in [0.15, 0.2) is 0 Å². The molecule has 0 spiro atoms. The molecule has 2 rings (SSSR count). The number of hydrogen-bond acceptors (Lipinski definition) is 1. The summed E-state index contributed by atoms with van der Waals surface area (Å²) >= 11 is 0. The van der Waals surface area contributed by atoms with E-state index in [0.717, 1.165) is 16.5 Å². The highest BCUT2D eigenvalue weighted by molar-refractivity contribution is 6.74. The van der Waals surface area contributed by atoms with Crippen molar-refractivity contribution in [3.63, 3.8) is 0 Å². The molecule has 0 fully saturated rings. The van der Waals surface area contributed by atoms with Crippen LogP contribution in [0.3, 0.4) is 0 Å². The molecule has 0 radical (unpaired) electrons. The molecule has 0 unspecified atom stereocenters. The summed E-state index contributed by atoms with van der Waals surface area (Å²) in [6, 6.07) is 10.7. The summed E-state index contributed by atoms with van der Waals surface area (Å²) < 4.78 is 19.4. The predicted molar refractivity (Wildman–Crippen MR) is 81.7 cm³/mol. The second-order valence-electron chi connectivity index (χ2n) is 6.52.